The molecule has 0 aliphatic carbocycles. The fraction of sp³-hybridized carbons (Fsp3) is 0.200. The van der Waals surface area contributed by atoms with E-state index in [2.05, 4.69) is 4.98 Å². The monoisotopic (exact) mass is 206 g/mol. The minimum atomic E-state index is -0.909. The Morgan fingerprint density at radius 2 is 2.40 bits per heavy atom. The van der Waals surface area contributed by atoms with Crippen molar-refractivity contribution in [2.24, 2.45) is 0 Å². The van der Waals surface area contributed by atoms with Crippen LogP contribution in [0.15, 0.2) is 24.4 Å². The molecule has 0 aliphatic heterocycles. The van der Waals surface area contributed by atoms with Gasteiger partial charge in [-0.1, -0.05) is 6.07 Å². The van der Waals surface area contributed by atoms with E-state index in [1.807, 2.05) is 12.1 Å². The van der Waals surface area contributed by atoms with Crippen LogP contribution >= 0.6 is 0 Å². The Labute approximate surface area is 85.9 Å². The van der Waals surface area contributed by atoms with Crippen LogP contribution in [0.1, 0.15) is 5.82 Å². The van der Waals surface area contributed by atoms with E-state index in [1.165, 1.54) is 0 Å². The van der Waals surface area contributed by atoms with Gasteiger partial charge in [-0.15, -0.1) is 0 Å². The molecule has 2 rings (SSSR count). The van der Waals surface area contributed by atoms with Gasteiger partial charge in [0.2, 0.25) is 0 Å². The first kappa shape index (κ1) is 9.51. The fourth-order valence-corrected chi connectivity index (χ4v) is 1.50. The number of aliphatic carboxylic acids is 1. The quantitative estimate of drug-likeness (QED) is 0.812. The number of carboxylic acids is 1. The number of aromatic nitrogens is 2. The van der Waals surface area contributed by atoms with Crippen LogP contribution in [0, 0.1) is 0 Å². The number of methoxy groups -OCH3 is 1. The standard InChI is InChI=1S/C10H10N2O3/c1-15-9-4-2-3-7-6-11-8(12(7)9)5-10(13)14/h2-4,6H,5H2,1H3,(H,13,14). The lowest BCUT2D eigenvalue weighted by molar-refractivity contribution is -0.136. The highest BCUT2D eigenvalue weighted by atomic mass is 16.5. The van der Waals surface area contributed by atoms with Gasteiger partial charge in [0.15, 0.2) is 5.88 Å². The molecule has 5 heteroatoms. The third-order valence-corrected chi connectivity index (χ3v) is 2.11. The largest absolute Gasteiger partial charge is 0.482 e. The van der Waals surface area contributed by atoms with Crippen molar-refractivity contribution in [2.75, 3.05) is 7.11 Å². The van der Waals surface area contributed by atoms with Crippen molar-refractivity contribution in [3.05, 3.63) is 30.2 Å². The molecule has 2 heterocycles. The Balaban J connectivity index is 2.60. The maximum atomic E-state index is 10.6. The van der Waals surface area contributed by atoms with Crippen LogP contribution in [-0.4, -0.2) is 27.6 Å². The summed E-state index contributed by atoms with van der Waals surface area (Å²) < 4.78 is 6.83. The fourth-order valence-electron chi connectivity index (χ4n) is 1.50. The van der Waals surface area contributed by atoms with Crippen LogP contribution in [0.2, 0.25) is 0 Å². The Bertz CT molecular complexity index is 504. The van der Waals surface area contributed by atoms with Crippen LogP contribution in [0.3, 0.4) is 0 Å². The molecule has 0 bridgehead atoms. The number of ether oxygens (including phenoxy) is 1. The van der Waals surface area contributed by atoms with E-state index in [0.29, 0.717) is 11.7 Å². The number of hydrogen-bond acceptors (Lipinski definition) is 3. The predicted molar refractivity (Wildman–Crippen MR) is 53.1 cm³/mol. The first-order valence-electron chi connectivity index (χ1n) is 4.43. The number of nitrogens with zero attached hydrogens (tertiary/aromatic N) is 2. The van der Waals surface area contributed by atoms with E-state index in [-0.39, 0.29) is 6.42 Å². The van der Waals surface area contributed by atoms with Gasteiger partial charge in [0.05, 0.1) is 18.8 Å². The van der Waals surface area contributed by atoms with Crippen molar-refractivity contribution in [2.45, 2.75) is 6.42 Å². The Morgan fingerprint density at radius 3 is 3.07 bits per heavy atom. The third kappa shape index (κ3) is 1.63. The summed E-state index contributed by atoms with van der Waals surface area (Å²) in [7, 11) is 1.54. The lowest BCUT2D eigenvalue weighted by Gasteiger charge is -2.05. The molecule has 0 unspecified atom stereocenters. The Morgan fingerprint density at radius 1 is 1.60 bits per heavy atom. The molecule has 2 aromatic rings. The van der Waals surface area contributed by atoms with Gasteiger partial charge < -0.3 is 9.84 Å². The zero-order valence-corrected chi connectivity index (χ0v) is 8.17. The highest BCUT2D eigenvalue weighted by molar-refractivity contribution is 5.69. The average Bonchev–Trinajstić information content (AvgIpc) is 2.61. The number of hydrogen-bond donors (Lipinski definition) is 1. The second-order valence-corrected chi connectivity index (χ2v) is 3.07. The van der Waals surface area contributed by atoms with E-state index in [0.717, 1.165) is 5.52 Å². The number of imidazole rings is 1. The SMILES string of the molecule is COc1cccc2cnc(CC(=O)O)n12. The summed E-state index contributed by atoms with van der Waals surface area (Å²) in [5.74, 6) is 0.143. The van der Waals surface area contributed by atoms with Crippen molar-refractivity contribution < 1.29 is 14.6 Å². The second kappa shape index (κ2) is 3.61. The van der Waals surface area contributed by atoms with E-state index >= 15 is 0 Å². The van der Waals surface area contributed by atoms with Crippen molar-refractivity contribution in [1.82, 2.24) is 9.38 Å². The number of carbonyl (C=O) groups is 1. The summed E-state index contributed by atoms with van der Waals surface area (Å²) in [6.45, 7) is 0. The Hall–Kier alpha value is -2.04. The molecule has 78 valence electrons. The van der Waals surface area contributed by atoms with Gasteiger partial charge in [0, 0.05) is 0 Å². The molecule has 0 saturated heterocycles. The predicted octanol–water partition coefficient (Wildman–Crippen LogP) is 0.970. The minimum Gasteiger partial charge on any atom is -0.482 e. The van der Waals surface area contributed by atoms with E-state index in [1.54, 1.807) is 23.8 Å². The lowest BCUT2D eigenvalue weighted by Crippen LogP contribution is -2.06. The van der Waals surface area contributed by atoms with Crippen molar-refractivity contribution in [3.8, 4) is 5.88 Å². The summed E-state index contributed by atoms with van der Waals surface area (Å²) >= 11 is 0. The molecule has 15 heavy (non-hydrogen) atoms. The number of fused-ring (bicyclic) bond motifs is 1. The highest BCUT2D eigenvalue weighted by Gasteiger charge is 2.10. The zero-order chi connectivity index (χ0) is 10.8. The minimum absolute atomic E-state index is 0.117. The summed E-state index contributed by atoms with van der Waals surface area (Å²) in [6.07, 6.45) is 1.51. The van der Waals surface area contributed by atoms with Gasteiger partial charge in [-0.05, 0) is 12.1 Å². The van der Waals surface area contributed by atoms with Gasteiger partial charge >= 0.3 is 5.97 Å². The summed E-state index contributed by atoms with van der Waals surface area (Å²) in [5, 5.41) is 8.71. The summed E-state index contributed by atoms with van der Waals surface area (Å²) in [6, 6.07) is 5.45. The van der Waals surface area contributed by atoms with Crippen molar-refractivity contribution >= 4 is 11.5 Å². The molecule has 1 N–H and O–H groups in total. The van der Waals surface area contributed by atoms with Crippen LogP contribution in [0.5, 0.6) is 5.88 Å². The molecule has 0 amide bonds. The smallest absolute Gasteiger partial charge is 0.311 e. The van der Waals surface area contributed by atoms with E-state index in [9.17, 15) is 4.79 Å². The summed E-state index contributed by atoms with van der Waals surface area (Å²) in [4.78, 5) is 14.7. The van der Waals surface area contributed by atoms with Gasteiger partial charge in [-0.25, -0.2) is 4.98 Å². The molecule has 0 spiro atoms. The van der Waals surface area contributed by atoms with Gasteiger partial charge in [-0.2, -0.15) is 0 Å². The van der Waals surface area contributed by atoms with Crippen LogP contribution in [-0.2, 0) is 11.2 Å². The molecular formula is C10H10N2O3. The normalized spacial score (nSPS) is 10.5. The first-order valence-corrected chi connectivity index (χ1v) is 4.43. The van der Waals surface area contributed by atoms with E-state index < -0.39 is 5.97 Å². The maximum absolute atomic E-state index is 10.6. The highest BCUT2D eigenvalue weighted by Crippen LogP contribution is 2.17. The van der Waals surface area contributed by atoms with Gasteiger partial charge in [0.1, 0.15) is 12.2 Å². The number of pyridine rings is 1. The molecule has 0 aliphatic rings. The molecule has 0 radical (unpaired) electrons. The third-order valence-electron chi connectivity index (χ3n) is 2.11. The lowest BCUT2D eigenvalue weighted by atomic mass is 10.4. The first-order chi connectivity index (χ1) is 7.22. The Kier molecular flexibility index (Phi) is 2.29. The van der Waals surface area contributed by atoms with Crippen LogP contribution in [0.4, 0.5) is 0 Å². The number of carboxylic acid groups (broad SMARTS) is 1. The average molecular weight is 206 g/mol. The molecule has 0 aromatic carbocycles. The topological polar surface area (TPSA) is 63.8 Å². The van der Waals surface area contributed by atoms with Gasteiger partial charge in [-0.3, -0.25) is 9.20 Å². The molecule has 2 aromatic heterocycles. The van der Waals surface area contributed by atoms with E-state index in [4.69, 9.17) is 9.84 Å². The van der Waals surface area contributed by atoms with Crippen molar-refractivity contribution in [3.63, 3.8) is 0 Å². The molecule has 5 nitrogen and oxygen atoms in total. The number of rotatable bonds is 3. The second-order valence-electron chi connectivity index (χ2n) is 3.07. The van der Waals surface area contributed by atoms with Gasteiger partial charge in [0.25, 0.3) is 0 Å². The summed E-state index contributed by atoms with van der Waals surface area (Å²) in [5.41, 5.74) is 0.825. The van der Waals surface area contributed by atoms with Crippen LogP contribution < -0.4 is 4.74 Å². The molecule has 0 atom stereocenters. The zero-order valence-electron chi connectivity index (χ0n) is 8.17. The molecule has 0 fully saturated rings. The van der Waals surface area contributed by atoms with Crippen molar-refractivity contribution in [1.29, 1.82) is 0 Å². The molecule has 0 saturated carbocycles. The molecular weight excluding hydrogens is 196 g/mol. The maximum Gasteiger partial charge on any atom is 0.311 e. The van der Waals surface area contributed by atoms with Crippen LogP contribution in [0.25, 0.3) is 5.52 Å².